The lowest BCUT2D eigenvalue weighted by molar-refractivity contribution is -0.0329. The number of nitrogens with one attached hydrogen (secondary N) is 2. The van der Waals surface area contributed by atoms with Crippen LogP contribution in [0, 0.1) is 11.8 Å². The number of aromatic nitrogens is 1. The van der Waals surface area contributed by atoms with Crippen LogP contribution in [0.25, 0.3) is 5.52 Å². The number of alkyl halides is 3. The third-order valence-electron chi connectivity index (χ3n) is 3.97. The van der Waals surface area contributed by atoms with Crippen molar-refractivity contribution in [3.63, 3.8) is 0 Å². The molecule has 0 spiro atoms. The van der Waals surface area contributed by atoms with E-state index in [1.54, 1.807) is 36.5 Å². The van der Waals surface area contributed by atoms with Gasteiger partial charge in [-0.15, -0.1) is 0 Å². The molecule has 2 aromatic heterocycles. The number of thioether (sulfide) groups is 1. The molecule has 156 valence electrons. The number of carbonyl (C=O) groups is 1. The van der Waals surface area contributed by atoms with Gasteiger partial charge in [0, 0.05) is 35.0 Å². The second-order valence-corrected chi connectivity index (χ2v) is 8.27. The van der Waals surface area contributed by atoms with Crippen molar-refractivity contribution in [1.82, 2.24) is 9.72 Å². The van der Waals surface area contributed by atoms with Crippen LogP contribution in [0.15, 0.2) is 52.1 Å². The average Bonchev–Trinajstić information content (AvgIpc) is 3.03. The van der Waals surface area contributed by atoms with E-state index in [1.807, 2.05) is 0 Å². The number of hydrogen-bond acceptors (Lipinski definition) is 3. The normalized spacial score (nSPS) is 11.1. The van der Waals surface area contributed by atoms with E-state index in [9.17, 15) is 18.0 Å². The number of amides is 1. The minimum Gasteiger partial charge on any atom is -0.373 e. The Morgan fingerprint density at radius 3 is 2.73 bits per heavy atom. The molecule has 0 saturated carbocycles. The van der Waals surface area contributed by atoms with Crippen LogP contribution in [0.2, 0.25) is 5.02 Å². The molecule has 0 radical (unpaired) electrons. The highest BCUT2D eigenvalue weighted by Gasteiger charge is 2.32. The number of carbonyl (C=O) groups excluding carboxylic acids is 1. The van der Waals surface area contributed by atoms with Crippen LogP contribution in [-0.2, 0) is 0 Å². The molecule has 1 aromatic carbocycles. The highest BCUT2D eigenvalue weighted by Crippen LogP contribution is 2.40. The maximum absolute atomic E-state index is 13.0. The standard InChI is InChI=1S/C20H14BrClF3N3OS/c1-26-18(29)12-6-7-16(15(22)10-12)27-8-2-4-13-11-17-14(21)5-3-9-28(17)19(13)30-20(23,24)25/h3,5-7,9-11,27H,8H2,1H3,(H,26,29). The summed E-state index contributed by atoms with van der Waals surface area (Å²) in [4.78, 5) is 11.6. The van der Waals surface area contributed by atoms with Crippen molar-refractivity contribution in [2.75, 3.05) is 18.9 Å². The Balaban J connectivity index is 1.82. The summed E-state index contributed by atoms with van der Waals surface area (Å²) in [5, 5.41) is 5.84. The lowest BCUT2D eigenvalue weighted by Gasteiger charge is -2.07. The van der Waals surface area contributed by atoms with E-state index in [0.29, 0.717) is 26.3 Å². The fourth-order valence-corrected chi connectivity index (χ4v) is 4.07. The molecular formula is C20H14BrClF3N3OS. The van der Waals surface area contributed by atoms with E-state index in [4.69, 9.17) is 11.6 Å². The van der Waals surface area contributed by atoms with E-state index in [2.05, 4.69) is 38.4 Å². The van der Waals surface area contributed by atoms with Crippen LogP contribution >= 0.6 is 39.3 Å². The Bertz CT molecular complexity index is 1170. The Morgan fingerprint density at radius 1 is 1.30 bits per heavy atom. The van der Waals surface area contributed by atoms with E-state index in [0.717, 1.165) is 0 Å². The summed E-state index contributed by atoms with van der Waals surface area (Å²) in [5.74, 6) is 5.36. The third kappa shape index (κ3) is 5.25. The van der Waals surface area contributed by atoms with Crippen LogP contribution in [0.3, 0.4) is 0 Å². The van der Waals surface area contributed by atoms with Crippen molar-refractivity contribution in [2.24, 2.45) is 0 Å². The van der Waals surface area contributed by atoms with E-state index in [1.165, 1.54) is 17.5 Å². The monoisotopic (exact) mass is 515 g/mol. The first-order valence-corrected chi connectivity index (χ1v) is 10.5. The fraction of sp³-hybridized carbons (Fsp3) is 0.150. The van der Waals surface area contributed by atoms with Gasteiger partial charge in [-0.1, -0.05) is 23.4 Å². The number of fused-ring (bicyclic) bond motifs is 1. The first-order valence-electron chi connectivity index (χ1n) is 8.49. The Labute approximate surface area is 188 Å². The average molecular weight is 517 g/mol. The van der Waals surface area contributed by atoms with Gasteiger partial charge in [0.1, 0.15) is 5.03 Å². The molecule has 2 N–H and O–H groups in total. The number of anilines is 1. The molecular weight excluding hydrogens is 503 g/mol. The van der Waals surface area contributed by atoms with Crippen LogP contribution in [-0.4, -0.2) is 29.4 Å². The molecule has 2 heterocycles. The maximum Gasteiger partial charge on any atom is 0.447 e. The number of nitrogens with zero attached hydrogens (tertiary/aromatic N) is 1. The highest BCUT2D eigenvalue weighted by atomic mass is 79.9. The smallest absolute Gasteiger partial charge is 0.373 e. The lowest BCUT2D eigenvalue weighted by Crippen LogP contribution is -2.17. The van der Waals surface area contributed by atoms with Crippen LogP contribution in [0.4, 0.5) is 18.9 Å². The largest absolute Gasteiger partial charge is 0.447 e. The van der Waals surface area contributed by atoms with Gasteiger partial charge in [0.2, 0.25) is 0 Å². The van der Waals surface area contributed by atoms with E-state index < -0.39 is 5.51 Å². The molecule has 0 atom stereocenters. The summed E-state index contributed by atoms with van der Waals surface area (Å²) in [7, 11) is 1.52. The second kappa shape index (κ2) is 9.25. The first-order chi connectivity index (χ1) is 14.2. The zero-order valence-electron chi connectivity index (χ0n) is 15.4. The molecule has 3 rings (SSSR count). The van der Waals surface area contributed by atoms with E-state index in [-0.39, 0.29) is 34.8 Å². The number of rotatable bonds is 4. The van der Waals surface area contributed by atoms with Gasteiger partial charge in [0.05, 0.1) is 28.3 Å². The van der Waals surface area contributed by atoms with Gasteiger partial charge in [0.15, 0.2) is 0 Å². The van der Waals surface area contributed by atoms with Crippen LogP contribution in [0.1, 0.15) is 15.9 Å². The second-order valence-electron chi connectivity index (χ2n) is 5.95. The molecule has 0 aliphatic heterocycles. The van der Waals surface area contributed by atoms with Crippen molar-refractivity contribution in [1.29, 1.82) is 0 Å². The van der Waals surface area contributed by atoms with E-state index >= 15 is 0 Å². The molecule has 0 unspecified atom stereocenters. The van der Waals surface area contributed by atoms with Crippen molar-refractivity contribution in [3.05, 3.63) is 63.2 Å². The minimum atomic E-state index is -4.44. The van der Waals surface area contributed by atoms with Crippen molar-refractivity contribution in [3.8, 4) is 11.8 Å². The van der Waals surface area contributed by atoms with Crippen LogP contribution in [0.5, 0.6) is 0 Å². The summed E-state index contributed by atoms with van der Waals surface area (Å²) in [5.41, 5.74) is -2.60. The van der Waals surface area contributed by atoms with Gasteiger partial charge in [-0.2, -0.15) is 13.2 Å². The maximum atomic E-state index is 13.0. The molecule has 0 saturated heterocycles. The lowest BCUT2D eigenvalue weighted by atomic mass is 10.2. The molecule has 10 heteroatoms. The van der Waals surface area contributed by atoms with Gasteiger partial charge >= 0.3 is 5.51 Å². The molecule has 0 aliphatic carbocycles. The molecule has 30 heavy (non-hydrogen) atoms. The molecule has 3 aromatic rings. The zero-order valence-corrected chi connectivity index (χ0v) is 18.6. The predicted octanol–water partition coefficient (Wildman–Crippen LogP) is 5.79. The van der Waals surface area contributed by atoms with Gasteiger partial charge in [-0.25, -0.2) is 0 Å². The Morgan fingerprint density at radius 2 is 2.07 bits per heavy atom. The van der Waals surface area contributed by atoms with Crippen molar-refractivity contribution < 1.29 is 18.0 Å². The first kappa shape index (κ1) is 22.4. The summed E-state index contributed by atoms with van der Waals surface area (Å²) < 4.78 is 41.2. The summed E-state index contributed by atoms with van der Waals surface area (Å²) in [6, 6.07) is 9.78. The Kier molecular flexibility index (Phi) is 6.91. The summed E-state index contributed by atoms with van der Waals surface area (Å²) in [6.07, 6.45) is 1.56. The zero-order chi connectivity index (χ0) is 21.9. The number of pyridine rings is 1. The van der Waals surface area contributed by atoms with Crippen molar-refractivity contribution >= 4 is 56.4 Å². The summed E-state index contributed by atoms with van der Waals surface area (Å²) >= 11 is 9.31. The number of halogens is 5. The van der Waals surface area contributed by atoms with Gasteiger partial charge < -0.3 is 15.0 Å². The highest BCUT2D eigenvalue weighted by molar-refractivity contribution is 9.10. The summed E-state index contributed by atoms with van der Waals surface area (Å²) in [6.45, 7) is 0.155. The topological polar surface area (TPSA) is 45.5 Å². The van der Waals surface area contributed by atoms with Gasteiger partial charge in [-0.05, 0) is 52.3 Å². The Hall–Kier alpha value is -2.28. The van der Waals surface area contributed by atoms with Gasteiger partial charge in [-0.3, -0.25) is 4.79 Å². The SMILES string of the molecule is CNC(=O)c1ccc(NCC#Cc2cc3c(Br)cccn3c2SC(F)(F)F)c(Cl)c1. The van der Waals surface area contributed by atoms with Crippen LogP contribution < -0.4 is 10.6 Å². The van der Waals surface area contributed by atoms with Gasteiger partial charge in [0.25, 0.3) is 5.91 Å². The molecule has 0 bridgehead atoms. The number of hydrogen-bond donors (Lipinski definition) is 2. The predicted molar refractivity (Wildman–Crippen MR) is 117 cm³/mol. The third-order valence-corrected chi connectivity index (χ3v) is 5.80. The quantitative estimate of drug-likeness (QED) is 0.341. The molecule has 0 fully saturated rings. The number of benzene rings is 1. The van der Waals surface area contributed by atoms with Crippen molar-refractivity contribution in [2.45, 2.75) is 10.5 Å². The molecule has 1 amide bonds. The fourth-order valence-electron chi connectivity index (χ4n) is 2.66. The molecule has 4 nitrogen and oxygen atoms in total. The minimum absolute atomic E-state index is 0.000682. The molecule has 0 aliphatic rings.